The zero-order chi connectivity index (χ0) is 14.0. The molecule has 1 aliphatic heterocycles. The third-order valence-electron chi connectivity index (χ3n) is 4.13. The van der Waals surface area contributed by atoms with Gasteiger partial charge < -0.3 is 15.3 Å². The fourth-order valence-electron chi connectivity index (χ4n) is 3.11. The lowest BCUT2D eigenvalue weighted by atomic mass is 9.94. The predicted octanol–water partition coefficient (Wildman–Crippen LogP) is 2.24. The van der Waals surface area contributed by atoms with Crippen LogP contribution in [0.5, 0.6) is 0 Å². The summed E-state index contributed by atoms with van der Waals surface area (Å²) in [5.74, 6) is 0. The monoisotopic (exact) mass is 262 g/mol. The molecule has 2 rings (SSSR count). The Hall–Kier alpha value is -1.06. The van der Waals surface area contributed by atoms with Crippen molar-refractivity contribution in [3.8, 4) is 0 Å². The van der Waals surface area contributed by atoms with Crippen molar-refractivity contribution in [2.24, 2.45) is 0 Å². The van der Waals surface area contributed by atoms with Crippen molar-refractivity contribution < 1.29 is 5.11 Å². The number of rotatable bonds is 2. The van der Waals surface area contributed by atoms with E-state index in [-0.39, 0.29) is 18.2 Å². The van der Waals surface area contributed by atoms with Crippen LogP contribution < -0.4 is 10.2 Å². The standard InChI is InChI=1S/C16H26N2O/c1-12-5-6-15(13(2)9-12)18-14(11-19)10-17-8-7-16(18,3)4/h5-6,9,14,17,19H,7-8,10-11H2,1-4H3. The number of nitrogens with one attached hydrogen (secondary N) is 1. The van der Waals surface area contributed by atoms with E-state index in [1.54, 1.807) is 0 Å². The first-order valence-corrected chi connectivity index (χ1v) is 7.14. The molecule has 3 nitrogen and oxygen atoms in total. The molecular formula is C16H26N2O. The average molecular weight is 262 g/mol. The van der Waals surface area contributed by atoms with Gasteiger partial charge in [-0.05, 0) is 52.3 Å². The van der Waals surface area contributed by atoms with Crippen molar-refractivity contribution in [3.05, 3.63) is 29.3 Å². The molecule has 0 radical (unpaired) electrons. The van der Waals surface area contributed by atoms with Crippen LogP contribution in [0, 0.1) is 13.8 Å². The lowest BCUT2D eigenvalue weighted by molar-refractivity contribution is 0.245. The predicted molar refractivity (Wildman–Crippen MR) is 80.8 cm³/mol. The van der Waals surface area contributed by atoms with Crippen LogP contribution in [0.2, 0.25) is 0 Å². The van der Waals surface area contributed by atoms with Crippen LogP contribution in [-0.4, -0.2) is 36.4 Å². The molecule has 3 heteroatoms. The summed E-state index contributed by atoms with van der Waals surface area (Å²) in [5, 5.41) is 13.2. The zero-order valence-electron chi connectivity index (χ0n) is 12.5. The Kier molecular flexibility index (Phi) is 4.16. The summed E-state index contributed by atoms with van der Waals surface area (Å²) in [5.41, 5.74) is 3.87. The van der Waals surface area contributed by atoms with Crippen LogP contribution in [-0.2, 0) is 0 Å². The van der Waals surface area contributed by atoms with E-state index in [1.165, 1.54) is 16.8 Å². The molecule has 1 atom stereocenters. The van der Waals surface area contributed by atoms with Gasteiger partial charge in [-0.1, -0.05) is 17.7 Å². The van der Waals surface area contributed by atoms with Gasteiger partial charge in [-0.15, -0.1) is 0 Å². The number of hydrogen-bond donors (Lipinski definition) is 2. The molecular weight excluding hydrogens is 236 g/mol. The number of aryl methyl sites for hydroxylation is 2. The highest BCUT2D eigenvalue weighted by Crippen LogP contribution is 2.33. The number of hydrogen-bond acceptors (Lipinski definition) is 3. The van der Waals surface area contributed by atoms with Crippen LogP contribution in [0.15, 0.2) is 18.2 Å². The molecule has 1 fully saturated rings. The molecule has 0 amide bonds. The van der Waals surface area contributed by atoms with Crippen molar-refractivity contribution in [1.29, 1.82) is 0 Å². The molecule has 0 aromatic heterocycles. The van der Waals surface area contributed by atoms with Gasteiger partial charge in [-0.3, -0.25) is 0 Å². The van der Waals surface area contributed by atoms with Crippen molar-refractivity contribution in [2.75, 3.05) is 24.6 Å². The summed E-state index contributed by atoms with van der Waals surface area (Å²) < 4.78 is 0. The van der Waals surface area contributed by atoms with Gasteiger partial charge in [0.25, 0.3) is 0 Å². The zero-order valence-corrected chi connectivity index (χ0v) is 12.5. The van der Waals surface area contributed by atoms with Gasteiger partial charge in [0.15, 0.2) is 0 Å². The van der Waals surface area contributed by atoms with Gasteiger partial charge in [0.1, 0.15) is 0 Å². The molecule has 1 heterocycles. The molecule has 106 valence electrons. The van der Waals surface area contributed by atoms with E-state index in [0.29, 0.717) is 0 Å². The molecule has 1 saturated heterocycles. The maximum Gasteiger partial charge on any atom is 0.0651 e. The minimum absolute atomic E-state index is 0.0525. The first kappa shape index (κ1) is 14.4. The molecule has 1 aliphatic rings. The smallest absolute Gasteiger partial charge is 0.0651 e. The first-order valence-electron chi connectivity index (χ1n) is 7.14. The molecule has 19 heavy (non-hydrogen) atoms. The number of aliphatic hydroxyl groups excluding tert-OH is 1. The highest BCUT2D eigenvalue weighted by Gasteiger charge is 2.34. The highest BCUT2D eigenvalue weighted by atomic mass is 16.3. The van der Waals surface area contributed by atoms with Crippen LogP contribution >= 0.6 is 0 Å². The topological polar surface area (TPSA) is 35.5 Å². The lowest BCUT2D eigenvalue weighted by Gasteiger charge is -2.44. The van der Waals surface area contributed by atoms with Crippen molar-refractivity contribution >= 4 is 5.69 Å². The van der Waals surface area contributed by atoms with E-state index in [4.69, 9.17) is 0 Å². The second-order valence-corrected chi connectivity index (χ2v) is 6.26. The number of nitrogens with zero attached hydrogens (tertiary/aromatic N) is 1. The van der Waals surface area contributed by atoms with E-state index < -0.39 is 0 Å². The third kappa shape index (κ3) is 2.93. The summed E-state index contributed by atoms with van der Waals surface area (Å²) in [7, 11) is 0. The van der Waals surface area contributed by atoms with Gasteiger partial charge in [0.2, 0.25) is 0 Å². The summed E-state index contributed by atoms with van der Waals surface area (Å²) >= 11 is 0. The maximum absolute atomic E-state index is 9.74. The van der Waals surface area contributed by atoms with Gasteiger partial charge in [-0.2, -0.15) is 0 Å². The third-order valence-corrected chi connectivity index (χ3v) is 4.13. The molecule has 1 aromatic rings. The number of benzene rings is 1. The molecule has 0 saturated carbocycles. The van der Waals surface area contributed by atoms with Gasteiger partial charge in [0.05, 0.1) is 12.6 Å². The Morgan fingerprint density at radius 1 is 1.37 bits per heavy atom. The second kappa shape index (κ2) is 5.51. The van der Waals surface area contributed by atoms with E-state index in [9.17, 15) is 5.11 Å². The van der Waals surface area contributed by atoms with E-state index in [1.807, 2.05) is 0 Å². The Labute approximate surface area is 116 Å². The Bertz CT molecular complexity index is 442. The minimum atomic E-state index is 0.0525. The lowest BCUT2D eigenvalue weighted by Crippen LogP contribution is -2.52. The Morgan fingerprint density at radius 2 is 2.11 bits per heavy atom. The van der Waals surface area contributed by atoms with Crippen molar-refractivity contribution in [1.82, 2.24) is 5.32 Å². The summed E-state index contributed by atoms with van der Waals surface area (Å²) in [6.45, 7) is 10.8. The number of aliphatic hydroxyl groups is 1. The van der Waals surface area contributed by atoms with Crippen LogP contribution in [0.4, 0.5) is 5.69 Å². The molecule has 0 bridgehead atoms. The first-order chi connectivity index (χ1) is 8.95. The van der Waals surface area contributed by atoms with Gasteiger partial charge >= 0.3 is 0 Å². The van der Waals surface area contributed by atoms with E-state index in [0.717, 1.165) is 19.5 Å². The molecule has 0 spiro atoms. The normalized spacial score (nSPS) is 23.2. The van der Waals surface area contributed by atoms with E-state index in [2.05, 4.69) is 56.1 Å². The number of anilines is 1. The second-order valence-electron chi connectivity index (χ2n) is 6.26. The van der Waals surface area contributed by atoms with Crippen molar-refractivity contribution in [2.45, 2.75) is 45.7 Å². The van der Waals surface area contributed by atoms with Crippen LogP contribution in [0.1, 0.15) is 31.4 Å². The van der Waals surface area contributed by atoms with E-state index >= 15 is 0 Å². The van der Waals surface area contributed by atoms with Crippen LogP contribution in [0.25, 0.3) is 0 Å². The minimum Gasteiger partial charge on any atom is -0.394 e. The SMILES string of the molecule is Cc1ccc(N2C(CO)CNCCC2(C)C)c(C)c1. The summed E-state index contributed by atoms with van der Waals surface area (Å²) in [6.07, 6.45) is 1.08. The molecule has 2 N–H and O–H groups in total. The molecule has 1 unspecified atom stereocenters. The Balaban J connectivity index is 2.45. The van der Waals surface area contributed by atoms with Crippen molar-refractivity contribution in [3.63, 3.8) is 0 Å². The fourth-order valence-corrected chi connectivity index (χ4v) is 3.11. The fraction of sp³-hybridized carbons (Fsp3) is 0.625. The largest absolute Gasteiger partial charge is 0.394 e. The molecule has 1 aromatic carbocycles. The maximum atomic E-state index is 9.74. The van der Waals surface area contributed by atoms with Gasteiger partial charge in [0, 0.05) is 17.8 Å². The summed E-state index contributed by atoms with van der Waals surface area (Å²) in [6, 6.07) is 6.71. The average Bonchev–Trinajstić information content (AvgIpc) is 2.48. The summed E-state index contributed by atoms with van der Waals surface area (Å²) in [4.78, 5) is 2.40. The Morgan fingerprint density at radius 3 is 2.74 bits per heavy atom. The van der Waals surface area contributed by atoms with Gasteiger partial charge in [-0.25, -0.2) is 0 Å². The molecule has 0 aliphatic carbocycles. The van der Waals surface area contributed by atoms with Crippen LogP contribution in [0.3, 0.4) is 0 Å². The highest BCUT2D eigenvalue weighted by molar-refractivity contribution is 5.57. The quantitative estimate of drug-likeness (QED) is 0.858.